The van der Waals surface area contributed by atoms with Gasteiger partial charge in [-0.1, -0.05) is 31.2 Å². The van der Waals surface area contributed by atoms with Crippen LogP contribution < -0.4 is 5.32 Å². The first-order valence-corrected chi connectivity index (χ1v) is 9.28. The molecule has 2 heterocycles. The molecular weight excluding hydrogens is 332 g/mol. The van der Waals surface area contributed by atoms with Crippen molar-refractivity contribution >= 4 is 22.4 Å². The van der Waals surface area contributed by atoms with Crippen LogP contribution in [0.25, 0.3) is 11.3 Å². The Morgan fingerprint density at radius 2 is 2.00 bits per heavy atom. The molecule has 25 heavy (non-hydrogen) atoms. The van der Waals surface area contributed by atoms with Crippen molar-refractivity contribution in [2.24, 2.45) is 0 Å². The number of carbonyl (C=O) groups is 1. The van der Waals surface area contributed by atoms with E-state index in [0.717, 1.165) is 23.4 Å². The SMILES string of the molecule is CCc1ccc(-c2csc(NC(=O)c3cc(C)n(C(C)C)n3)n2)cc1. The number of rotatable bonds is 5. The third-order valence-corrected chi connectivity index (χ3v) is 4.78. The lowest BCUT2D eigenvalue weighted by molar-refractivity contribution is 0.102. The topological polar surface area (TPSA) is 59.8 Å². The first kappa shape index (κ1) is 17.4. The summed E-state index contributed by atoms with van der Waals surface area (Å²) >= 11 is 1.42. The average molecular weight is 354 g/mol. The highest BCUT2D eigenvalue weighted by molar-refractivity contribution is 7.14. The van der Waals surface area contributed by atoms with Gasteiger partial charge in [-0.15, -0.1) is 11.3 Å². The number of benzene rings is 1. The first-order valence-electron chi connectivity index (χ1n) is 8.40. The molecule has 2 aromatic heterocycles. The number of nitrogens with one attached hydrogen (secondary N) is 1. The third kappa shape index (κ3) is 3.79. The quantitative estimate of drug-likeness (QED) is 0.722. The number of amides is 1. The lowest BCUT2D eigenvalue weighted by atomic mass is 10.1. The first-order chi connectivity index (χ1) is 12.0. The van der Waals surface area contributed by atoms with Gasteiger partial charge < -0.3 is 0 Å². The van der Waals surface area contributed by atoms with E-state index in [9.17, 15) is 4.79 Å². The van der Waals surface area contributed by atoms with Crippen LogP contribution in [0, 0.1) is 6.92 Å². The Morgan fingerprint density at radius 3 is 2.60 bits per heavy atom. The molecule has 3 rings (SSSR count). The summed E-state index contributed by atoms with van der Waals surface area (Å²) in [6.45, 7) is 8.16. The minimum absolute atomic E-state index is 0.221. The second kappa shape index (κ2) is 7.19. The van der Waals surface area contributed by atoms with Crippen LogP contribution in [0.5, 0.6) is 0 Å². The Balaban J connectivity index is 1.74. The number of thiazole rings is 1. The van der Waals surface area contributed by atoms with Gasteiger partial charge in [-0.25, -0.2) is 4.98 Å². The standard InChI is InChI=1S/C19H22N4OS/c1-5-14-6-8-15(9-7-14)17-11-25-19(20-17)21-18(24)16-10-13(4)23(22-16)12(2)3/h6-12H,5H2,1-4H3,(H,20,21,24). The van der Waals surface area contributed by atoms with Crippen molar-refractivity contribution < 1.29 is 4.79 Å². The maximum absolute atomic E-state index is 12.4. The molecule has 5 nitrogen and oxygen atoms in total. The van der Waals surface area contributed by atoms with Crippen molar-refractivity contribution in [3.63, 3.8) is 0 Å². The summed E-state index contributed by atoms with van der Waals surface area (Å²) in [6.07, 6.45) is 1.01. The zero-order valence-corrected chi connectivity index (χ0v) is 15.7. The van der Waals surface area contributed by atoms with Gasteiger partial charge in [-0.2, -0.15) is 5.10 Å². The summed E-state index contributed by atoms with van der Waals surface area (Å²) < 4.78 is 1.84. The number of hydrogen-bond acceptors (Lipinski definition) is 4. The second-order valence-corrected chi connectivity index (χ2v) is 7.11. The molecule has 0 spiro atoms. The fourth-order valence-corrected chi connectivity index (χ4v) is 3.37. The molecule has 0 saturated heterocycles. The molecule has 0 aliphatic heterocycles. The van der Waals surface area contributed by atoms with Crippen molar-refractivity contribution in [2.75, 3.05) is 5.32 Å². The highest BCUT2D eigenvalue weighted by atomic mass is 32.1. The van der Waals surface area contributed by atoms with Crippen LogP contribution >= 0.6 is 11.3 Å². The van der Waals surface area contributed by atoms with Crippen molar-refractivity contribution in [3.05, 3.63) is 52.7 Å². The molecule has 0 atom stereocenters. The number of carbonyl (C=O) groups excluding carboxylic acids is 1. The van der Waals surface area contributed by atoms with E-state index in [-0.39, 0.29) is 11.9 Å². The van der Waals surface area contributed by atoms with Crippen LogP contribution in [0.3, 0.4) is 0 Å². The summed E-state index contributed by atoms with van der Waals surface area (Å²) in [5.41, 5.74) is 4.59. The Kier molecular flexibility index (Phi) is 4.99. The Hall–Kier alpha value is -2.47. The van der Waals surface area contributed by atoms with E-state index in [1.165, 1.54) is 16.9 Å². The molecule has 1 amide bonds. The van der Waals surface area contributed by atoms with Gasteiger partial charge in [0.2, 0.25) is 0 Å². The van der Waals surface area contributed by atoms with Gasteiger partial charge in [0.15, 0.2) is 10.8 Å². The highest BCUT2D eigenvalue weighted by Crippen LogP contribution is 2.25. The fourth-order valence-electron chi connectivity index (χ4n) is 2.66. The van der Waals surface area contributed by atoms with Gasteiger partial charge in [0, 0.05) is 22.7 Å². The Bertz CT molecular complexity index is 877. The fraction of sp³-hybridized carbons (Fsp3) is 0.316. The molecule has 0 radical (unpaired) electrons. The normalized spacial score (nSPS) is 11.1. The van der Waals surface area contributed by atoms with Crippen molar-refractivity contribution in [1.82, 2.24) is 14.8 Å². The molecule has 3 aromatic rings. The molecule has 6 heteroatoms. The predicted octanol–water partition coefficient (Wildman–Crippen LogP) is 4.71. The Morgan fingerprint density at radius 1 is 1.28 bits per heavy atom. The number of aryl methyl sites for hydroxylation is 2. The van der Waals surface area contributed by atoms with Crippen molar-refractivity contribution in [3.8, 4) is 11.3 Å². The number of anilines is 1. The smallest absolute Gasteiger partial charge is 0.277 e. The average Bonchev–Trinajstić information content (AvgIpc) is 3.21. The highest BCUT2D eigenvalue weighted by Gasteiger charge is 2.15. The Labute approximate surface area is 151 Å². The van der Waals surface area contributed by atoms with Crippen LogP contribution in [0.4, 0.5) is 5.13 Å². The summed E-state index contributed by atoms with van der Waals surface area (Å²) in [5, 5.41) is 9.75. The summed E-state index contributed by atoms with van der Waals surface area (Å²) in [7, 11) is 0. The summed E-state index contributed by atoms with van der Waals surface area (Å²) in [6, 6.07) is 10.4. The van der Waals surface area contributed by atoms with Crippen LogP contribution in [-0.4, -0.2) is 20.7 Å². The molecule has 0 unspecified atom stereocenters. The lowest BCUT2D eigenvalue weighted by Crippen LogP contribution is -2.13. The van der Waals surface area contributed by atoms with E-state index >= 15 is 0 Å². The van der Waals surface area contributed by atoms with Gasteiger partial charge >= 0.3 is 0 Å². The minimum Gasteiger partial charge on any atom is -0.296 e. The van der Waals surface area contributed by atoms with E-state index in [4.69, 9.17) is 0 Å². The third-order valence-electron chi connectivity index (χ3n) is 4.03. The maximum atomic E-state index is 12.4. The zero-order chi connectivity index (χ0) is 18.0. The van der Waals surface area contributed by atoms with Gasteiger partial charge in [0.05, 0.1) is 5.69 Å². The molecule has 0 saturated carbocycles. The van der Waals surface area contributed by atoms with E-state index in [1.54, 1.807) is 6.07 Å². The lowest BCUT2D eigenvalue weighted by Gasteiger charge is -2.06. The van der Waals surface area contributed by atoms with Gasteiger partial charge in [0.25, 0.3) is 5.91 Å². The van der Waals surface area contributed by atoms with E-state index in [2.05, 4.69) is 46.6 Å². The van der Waals surface area contributed by atoms with Gasteiger partial charge in [-0.05, 0) is 38.8 Å². The molecule has 1 N–H and O–H groups in total. The van der Waals surface area contributed by atoms with Crippen molar-refractivity contribution in [1.29, 1.82) is 0 Å². The zero-order valence-electron chi connectivity index (χ0n) is 14.9. The minimum atomic E-state index is -0.232. The second-order valence-electron chi connectivity index (χ2n) is 6.25. The molecule has 0 bridgehead atoms. The predicted molar refractivity (Wildman–Crippen MR) is 102 cm³/mol. The van der Waals surface area contributed by atoms with E-state index < -0.39 is 0 Å². The molecule has 0 aliphatic rings. The molecule has 0 fully saturated rings. The van der Waals surface area contributed by atoms with Crippen LogP contribution in [0.15, 0.2) is 35.7 Å². The van der Waals surface area contributed by atoms with Crippen LogP contribution in [-0.2, 0) is 6.42 Å². The summed E-state index contributed by atoms with van der Waals surface area (Å²) in [4.78, 5) is 16.9. The van der Waals surface area contributed by atoms with Gasteiger partial charge in [-0.3, -0.25) is 14.8 Å². The largest absolute Gasteiger partial charge is 0.296 e. The van der Waals surface area contributed by atoms with Crippen LogP contribution in [0.1, 0.15) is 48.6 Å². The molecule has 1 aromatic carbocycles. The van der Waals surface area contributed by atoms with E-state index in [1.807, 2.05) is 30.8 Å². The molecule has 130 valence electrons. The van der Waals surface area contributed by atoms with E-state index in [0.29, 0.717) is 10.8 Å². The molecule has 0 aliphatic carbocycles. The summed E-state index contributed by atoms with van der Waals surface area (Å²) in [5.74, 6) is -0.232. The number of aromatic nitrogens is 3. The number of hydrogen-bond donors (Lipinski definition) is 1. The molecular formula is C19H22N4OS. The van der Waals surface area contributed by atoms with Crippen molar-refractivity contribution in [2.45, 2.75) is 40.2 Å². The maximum Gasteiger partial charge on any atom is 0.277 e. The van der Waals surface area contributed by atoms with Gasteiger partial charge in [0.1, 0.15) is 0 Å². The number of nitrogens with zero attached hydrogens (tertiary/aromatic N) is 3. The monoisotopic (exact) mass is 354 g/mol. The van der Waals surface area contributed by atoms with Crippen LogP contribution in [0.2, 0.25) is 0 Å².